The normalized spacial score (nSPS) is 23.1. The molecule has 0 amide bonds. The summed E-state index contributed by atoms with van der Waals surface area (Å²) in [5, 5.41) is 0. The molecule has 0 bridgehead atoms. The highest BCUT2D eigenvalue weighted by Gasteiger charge is 2.38. The zero-order valence-corrected chi connectivity index (χ0v) is 15.9. The summed E-state index contributed by atoms with van der Waals surface area (Å²) in [6.07, 6.45) is 0. The number of rotatable bonds is 2. The van der Waals surface area contributed by atoms with Crippen molar-refractivity contribution in [3.8, 4) is 0 Å². The molecule has 0 aromatic heterocycles. The quantitative estimate of drug-likeness (QED) is 0.674. The van der Waals surface area contributed by atoms with Gasteiger partial charge in [-0.05, 0) is 35.0 Å². The lowest BCUT2D eigenvalue weighted by Gasteiger charge is -2.32. The van der Waals surface area contributed by atoms with Crippen molar-refractivity contribution in [1.29, 1.82) is 0 Å². The number of benzene rings is 1. The first-order valence-electron chi connectivity index (χ1n) is 6.01. The second-order valence-electron chi connectivity index (χ2n) is 4.89. The molecule has 0 spiro atoms. The average molecular weight is 462 g/mol. The van der Waals surface area contributed by atoms with Crippen molar-refractivity contribution in [3.05, 3.63) is 21.1 Å². The van der Waals surface area contributed by atoms with Crippen molar-refractivity contribution >= 4 is 57.4 Å². The summed E-state index contributed by atoms with van der Waals surface area (Å²) in [5.74, 6) is -0.356. The predicted molar refractivity (Wildman–Crippen MR) is 88.3 cm³/mol. The third kappa shape index (κ3) is 3.44. The lowest BCUT2D eigenvalue weighted by Crippen LogP contribution is -2.49. The fourth-order valence-electron chi connectivity index (χ4n) is 2.31. The summed E-state index contributed by atoms with van der Waals surface area (Å²) in [4.78, 5) is -0.0307. The van der Waals surface area contributed by atoms with Crippen LogP contribution in [-0.4, -0.2) is 45.2 Å². The molecule has 2 N–H and O–H groups in total. The number of sulfone groups is 1. The molecule has 0 radical (unpaired) electrons. The van der Waals surface area contributed by atoms with Gasteiger partial charge in [0.2, 0.25) is 10.0 Å². The Bertz CT molecular complexity index is 754. The molecule has 1 unspecified atom stereocenters. The molecule has 1 heterocycles. The highest BCUT2D eigenvalue weighted by molar-refractivity contribution is 9.11. The van der Waals surface area contributed by atoms with Crippen LogP contribution in [0, 0.1) is 0 Å². The van der Waals surface area contributed by atoms with Crippen LogP contribution < -0.4 is 5.73 Å². The molecule has 21 heavy (non-hydrogen) atoms. The molecule has 1 saturated heterocycles. The van der Waals surface area contributed by atoms with Crippen LogP contribution in [0.4, 0.5) is 5.69 Å². The second kappa shape index (κ2) is 5.80. The van der Waals surface area contributed by atoms with Gasteiger partial charge in [-0.15, -0.1) is 0 Å². The molecule has 1 atom stereocenters. The van der Waals surface area contributed by atoms with Crippen LogP contribution in [-0.2, 0) is 19.9 Å². The minimum absolute atomic E-state index is 0.0307. The van der Waals surface area contributed by atoms with Gasteiger partial charge in [0.05, 0.1) is 17.2 Å². The molecule has 2 rings (SSSR count). The Morgan fingerprint density at radius 3 is 2.48 bits per heavy atom. The molecule has 118 valence electrons. The van der Waals surface area contributed by atoms with Gasteiger partial charge in [0.15, 0.2) is 9.84 Å². The summed E-state index contributed by atoms with van der Waals surface area (Å²) in [7, 11) is -7.05. The van der Waals surface area contributed by atoms with E-state index in [1.54, 1.807) is 13.0 Å². The summed E-state index contributed by atoms with van der Waals surface area (Å²) in [6, 6.07) is 2.47. The molecule has 0 aliphatic carbocycles. The van der Waals surface area contributed by atoms with E-state index in [9.17, 15) is 16.8 Å². The highest BCUT2D eigenvalue weighted by Crippen LogP contribution is 2.35. The monoisotopic (exact) mass is 460 g/mol. The van der Waals surface area contributed by atoms with Crippen LogP contribution in [0.3, 0.4) is 0 Å². The maximum atomic E-state index is 12.8. The second-order valence-corrected chi connectivity index (χ2v) is 10.7. The van der Waals surface area contributed by atoms with Crippen LogP contribution >= 0.6 is 31.9 Å². The van der Waals surface area contributed by atoms with Crippen LogP contribution in [0.15, 0.2) is 26.0 Å². The Hall–Kier alpha value is -0.160. The number of hydrogen-bond donors (Lipinski definition) is 1. The lowest BCUT2D eigenvalue weighted by atomic mass is 10.3. The number of halogens is 2. The largest absolute Gasteiger partial charge is 0.398 e. The number of nitrogens with zero attached hydrogens (tertiary/aromatic N) is 1. The van der Waals surface area contributed by atoms with E-state index in [1.165, 1.54) is 10.4 Å². The minimum atomic E-state index is -3.86. The number of sulfonamides is 1. The third-order valence-electron chi connectivity index (χ3n) is 3.21. The van der Waals surface area contributed by atoms with Gasteiger partial charge in [-0.2, -0.15) is 4.31 Å². The summed E-state index contributed by atoms with van der Waals surface area (Å²) in [6.45, 7) is 1.52. The number of anilines is 1. The van der Waals surface area contributed by atoms with Gasteiger partial charge in [0, 0.05) is 21.5 Å². The Morgan fingerprint density at radius 1 is 1.33 bits per heavy atom. The Morgan fingerprint density at radius 2 is 1.95 bits per heavy atom. The SMILES string of the molecule is CC1CS(=O)(=O)CCN1S(=O)(=O)c1c(N)cc(Br)cc1Br. The summed E-state index contributed by atoms with van der Waals surface area (Å²) >= 11 is 6.45. The van der Waals surface area contributed by atoms with Gasteiger partial charge >= 0.3 is 0 Å². The number of nitrogen functional groups attached to an aromatic ring is 1. The van der Waals surface area contributed by atoms with Crippen molar-refractivity contribution in [3.63, 3.8) is 0 Å². The fraction of sp³-hybridized carbons (Fsp3) is 0.455. The lowest BCUT2D eigenvalue weighted by molar-refractivity contribution is 0.357. The first kappa shape index (κ1) is 17.2. The molecule has 1 aromatic carbocycles. The van der Waals surface area contributed by atoms with E-state index in [1.807, 2.05) is 0 Å². The molecular weight excluding hydrogens is 448 g/mol. The van der Waals surface area contributed by atoms with E-state index in [4.69, 9.17) is 5.73 Å². The Kier molecular flexibility index (Phi) is 4.75. The van der Waals surface area contributed by atoms with E-state index in [-0.39, 0.29) is 28.6 Å². The summed E-state index contributed by atoms with van der Waals surface area (Å²) < 4.78 is 50.9. The van der Waals surface area contributed by atoms with Gasteiger partial charge in [-0.25, -0.2) is 16.8 Å². The zero-order chi connectivity index (χ0) is 16.0. The topological polar surface area (TPSA) is 97.5 Å². The molecule has 10 heteroatoms. The first-order chi connectivity index (χ1) is 9.54. The van der Waals surface area contributed by atoms with Crippen molar-refractivity contribution < 1.29 is 16.8 Å². The molecular formula is C11H14Br2N2O4S2. The molecule has 1 fully saturated rings. The van der Waals surface area contributed by atoms with Gasteiger partial charge in [0.25, 0.3) is 0 Å². The molecule has 1 aromatic rings. The minimum Gasteiger partial charge on any atom is -0.398 e. The van der Waals surface area contributed by atoms with E-state index < -0.39 is 25.9 Å². The zero-order valence-electron chi connectivity index (χ0n) is 11.1. The maximum absolute atomic E-state index is 12.8. The van der Waals surface area contributed by atoms with E-state index in [2.05, 4.69) is 31.9 Å². The number of hydrogen-bond acceptors (Lipinski definition) is 5. The van der Waals surface area contributed by atoms with Crippen molar-refractivity contribution in [2.75, 3.05) is 23.8 Å². The number of nitrogens with two attached hydrogens (primary N) is 1. The van der Waals surface area contributed by atoms with Gasteiger partial charge in [0.1, 0.15) is 4.90 Å². The average Bonchev–Trinajstić information content (AvgIpc) is 2.24. The predicted octanol–water partition coefficient (Wildman–Crippen LogP) is 1.60. The smallest absolute Gasteiger partial charge is 0.246 e. The van der Waals surface area contributed by atoms with Crippen LogP contribution in [0.2, 0.25) is 0 Å². The first-order valence-corrected chi connectivity index (χ1v) is 10.9. The van der Waals surface area contributed by atoms with Crippen LogP contribution in [0.25, 0.3) is 0 Å². The van der Waals surface area contributed by atoms with Gasteiger partial charge in [-0.3, -0.25) is 0 Å². The molecule has 0 saturated carbocycles. The van der Waals surface area contributed by atoms with E-state index >= 15 is 0 Å². The maximum Gasteiger partial charge on any atom is 0.246 e. The third-order valence-corrected chi connectivity index (χ3v) is 8.49. The highest BCUT2D eigenvalue weighted by atomic mass is 79.9. The Balaban J connectivity index is 2.49. The van der Waals surface area contributed by atoms with E-state index in [0.29, 0.717) is 8.95 Å². The standard InChI is InChI=1S/C11H14Br2N2O4S2/c1-7-6-20(16,17)3-2-15(7)21(18,19)11-9(13)4-8(12)5-10(11)14/h4-5,7H,2-3,6,14H2,1H3. The van der Waals surface area contributed by atoms with Crippen molar-refractivity contribution in [2.24, 2.45) is 0 Å². The van der Waals surface area contributed by atoms with E-state index in [0.717, 1.165) is 0 Å². The van der Waals surface area contributed by atoms with Gasteiger partial charge in [-0.1, -0.05) is 15.9 Å². The van der Waals surface area contributed by atoms with Crippen LogP contribution in [0.5, 0.6) is 0 Å². The van der Waals surface area contributed by atoms with Crippen LogP contribution in [0.1, 0.15) is 6.92 Å². The summed E-state index contributed by atoms with van der Waals surface area (Å²) in [5.41, 5.74) is 5.94. The molecule has 1 aliphatic rings. The van der Waals surface area contributed by atoms with Crippen molar-refractivity contribution in [2.45, 2.75) is 17.9 Å². The molecule has 6 nitrogen and oxygen atoms in total. The van der Waals surface area contributed by atoms with Crippen molar-refractivity contribution in [1.82, 2.24) is 4.31 Å². The molecule has 1 aliphatic heterocycles. The Labute approximate surface area is 140 Å². The fourth-order valence-corrected chi connectivity index (χ4v) is 7.73. The van der Waals surface area contributed by atoms with Gasteiger partial charge < -0.3 is 5.73 Å².